The number of hydrogen-bond acceptors (Lipinski definition) is 3. The summed E-state index contributed by atoms with van der Waals surface area (Å²) in [6, 6.07) is 111. The van der Waals surface area contributed by atoms with E-state index in [-0.39, 0.29) is 0 Å². The normalized spacial score (nSPS) is 11.8. The Morgan fingerprint density at radius 2 is 0.244 bits per heavy atom. The highest BCUT2D eigenvalue weighted by Gasteiger charge is 2.44. The second kappa shape index (κ2) is 24.7. The van der Waals surface area contributed by atoms with Gasteiger partial charge < -0.3 is 0 Å². The monoisotopic (exact) mass is 1210 g/mol. The van der Waals surface area contributed by atoms with Crippen LogP contribution in [0.15, 0.2) is 291 Å². The number of rotatable bonds is 15. The second-order valence-corrected chi connectivity index (χ2v) is 36.5. The van der Waals surface area contributed by atoms with Crippen molar-refractivity contribution >= 4 is 86.5 Å². The van der Waals surface area contributed by atoms with Crippen LogP contribution in [0.3, 0.4) is 0 Å². The zero-order valence-electron chi connectivity index (χ0n) is 53.1. The average molecular weight is 1210 g/mol. The molecule has 3 nitrogen and oxygen atoms in total. The van der Waals surface area contributed by atoms with Gasteiger partial charge in [-0.2, -0.15) is 0 Å². The van der Waals surface area contributed by atoms with Crippen molar-refractivity contribution in [3.63, 3.8) is 0 Å². The van der Waals surface area contributed by atoms with Crippen molar-refractivity contribution in [3.05, 3.63) is 341 Å². The smallest absolute Gasteiger partial charge is 0.179 e. The minimum Gasteiger partial charge on any atom is -0.208 e. The second-order valence-electron chi connectivity index (χ2n) is 25.1. The number of hydrogen-bond donors (Lipinski definition) is 0. The molecule has 0 aliphatic carbocycles. The van der Waals surface area contributed by atoms with Gasteiger partial charge in [0, 0.05) is 16.7 Å². The van der Waals surface area contributed by atoms with Crippen molar-refractivity contribution in [1.29, 1.82) is 0 Å². The molecule has 90 heavy (non-hydrogen) atoms. The Morgan fingerprint density at radius 3 is 0.356 bits per heavy atom. The molecule has 0 N–H and O–H groups in total. The largest absolute Gasteiger partial charge is 0.208 e. The highest BCUT2D eigenvalue weighted by molar-refractivity contribution is 7.21. The Morgan fingerprint density at radius 1 is 0.144 bits per heavy atom. The predicted molar refractivity (Wildman–Crippen MR) is 390 cm³/mol. The minimum absolute atomic E-state index is 0.619. The number of aryl methyl sites for hydroxylation is 9. The van der Waals surface area contributed by atoms with Gasteiger partial charge in [-0.3, -0.25) is 0 Å². The van der Waals surface area contributed by atoms with Crippen LogP contribution in [-0.2, 0) is 0 Å². The molecule has 0 spiro atoms. The van der Waals surface area contributed by atoms with E-state index in [9.17, 15) is 0 Å². The zero-order chi connectivity index (χ0) is 62.2. The minimum atomic E-state index is -2.87. The molecule has 1 heterocycles. The first kappa shape index (κ1) is 59.3. The lowest BCUT2D eigenvalue weighted by Gasteiger charge is -2.35. The number of benzene rings is 12. The molecule has 0 bridgehead atoms. The van der Waals surface area contributed by atoms with Crippen LogP contribution in [0, 0.1) is 62.3 Å². The molecule has 438 valence electrons. The van der Waals surface area contributed by atoms with Gasteiger partial charge in [0.1, 0.15) is 0 Å². The highest BCUT2D eigenvalue weighted by Crippen LogP contribution is 2.27. The van der Waals surface area contributed by atoms with E-state index in [0.717, 1.165) is 16.7 Å². The highest BCUT2D eigenvalue weighted by atomic mass is 28.3. The average Bonchev–Trinajstić information content (AvgIpc) is 0.756. The fourth-order valence-corrected chi connectivity index (χ4v) is 27.6. The molecular weight excluding hydrogens is 1140 g/mol. The van der Waals surface area contributed by atoms with E-state index in [1.54, 1.807) is 0 Å². The van der Waals surface area contributed by atoms with E-state index in [1.807, 2.05) is 0 Å². The molecule has 13 aromatic rings. The van der Waals surface area contributed by atoms with Crippen LogP contribution < -0.4 is 62.2 Å². The fourth-order valence-electron chi connectivity index (χ4n) is 13.6. The van der Waals surface area contributed by atoms with Gasteiger partial charge in [-0.05, 0) is 125 Å². The quantitative estimate of drug-likeness (QED) is 0.0758. The molecule has 0 radical (unpaired) electrons. The molecule has 1 aromatic heterocycles. The van der Waals surface area contributed by atoms with Gasteiger partial charge in [0.2, 0.25) is 0 Å². The van der Waals surface area contributed by atoms with Gasteiger partial charge in [-0.15, -0.1) is 0 Å². The maximum Gasteiger partial charge on any atom is 0.179 e. The maximum atomic E-state index is 5.49. The molecule has 13 rings (SSSR count). The van der Waals surface area contributed by atoms with Gasteiger partial charge in [0.25, 0.3) is 0 Å². The molecule has 0 saturated carbocycles. The first-order valence-corrected chi connectivity index (χ1v) is 37.4. The Hall–Kier alpha value is -9.70. The summed E-state index contributed by atoms with van der Waals surface area (Å²) in [4.78, 5) is 16.5. The zero-order valence-corrected chi connectivity index (χ0v) is 56.1. The van der Waals surface area contributed by atoms with E-state index >= 15 is 0 Å². The molecular formula is C84H75N3Si3. The lowest BCUT2D eigenvalue weighted by molar-refractivity contribution is 1.07. The van der Waals surface area contributed by atoms with Gasteiger partial charge in [-0.25, -0.2) is 15.0 Å². The van der Waals surface area contributed by atoms with Crippen LogP contribution in [0.25, 0.3) is 34.2 Å². The van der Waals surface area contributed by atoms with Crippen molar-refractivity contribution in [1.82, 2.24) is 15.0 Å². The van der Waals surface area contributed by atoms with Crippen molar-refractivity contribution < 1.29 is 0 Å². The predicted octanol–water partition coefficient (Wildman–Crippen LogP) is 11.8. The number of aromatic nitrogens is 3. The summed E-state index contributed by atoms with van der Waals surface area (Å²) in [5.74, 6) is 1.86. The van der Waals surface area contributed by atoms with E-state index in [1.165, 1.54) is 112 Å². The summed E-state index contributed by atoms with van der Waals surface area (Å²) in [7, 11) is -8.62. The molecule has 6 heteroatoms. The Balaban J connectivity index is 1.00. The SMILES string of the molecule is Cc1ccc([Si](c2ccc(C)cc2)(c2ccc(C)cc2)c2ccc(-c3nc(-c4ccc([Si](c5ccc(C)cc5)(c5ccc(C)cc5)c5ccc(C)cc5)cc4)nc(-c4ccc([Si](c5ccc(C)cc5)(c5ccc(C)cc5)c5ccc(C)cc5)cc4)n3)cc2)cc1. The van der Waals surface area contributed by atoms with E-state index in [2.05, 4.69) is 353 Å². The first-order valence-electron chi connectivity index (χ1n) is 31.4. The van der Waals surface area contributed by atoms with Gasteiger partial charge in [0.05, 0.1) is 0 Å². The molecule has 0 saturated heterocycles. The number of nitrogens with zero attached hydrogens (tertiary/aromatic N) is 3. The van der Waals surface area contributed by atoms with Crippen LogP contribution in [0.1, 0.15) is 50.1 Å². The standard InChI is InChI=1S/C84H75N3Si3/c1-58-10-34-70(35-11-58)88(71-36-12-59(2)13-37-71,72-38-14-60(3)15-39-72)79-52-28-67(29-53-79)82-85-83(68-30-54-80(55-31-68)89(73-40-16-61(4)17-41-73,74-42-18-62(5)19-43-74)75-44-20-63(6)21-45-75)87-84(86-82)69-32-56-81(57-33-69)90(76-46-22-64(7)23-47-76,77-48-24-65(8)25-49-77)78-50-26-66(9)27-51-78/h10-57H,1-9H3. The van der Waals surface area contributed by atoms with Crippen molar-refractivity contribution in [3.8, 4) is 34.2 Å². The first-order chi connectivity index (χ1) is 43.7. The van der Waals surface area contributed by atoms with Crippen molar-refractivity contribution in [2.45, 2.75) is 62.3 Å². The van der Waals surface area contributed by atoms with Gasteiger partial charge in [-0.1, -0.05) is 341 Å². The lowest BCUT2D eigenvalue weighted by Crippen LogP contribution is -2.74. The Bertz CT molecular complexity index is 3800. The Labute approximate surface area is 535 Å². The van der Waals surface area contributed by atoms with E-state index in [4.69, 9.17) is 15.0 Å². The van der Waals surface area contributed by atoms with Gasteiger partial charge >= 0.3 is 0 Å². The molecule has 0 atom stereocenters. The van der Waals surface area contributed by atoms with Crippen LogP contribution in [0.5, 0.6) is 0 Å². The summed E-state index contributed by atoms with van der Waals surface area (Å²) in [6.07, 6.45) is 0. The molecule has 0 aliphatic heterocycles. The third kappa shape index (κ3) is 11.0. The van der Waals surface area contributed by atoms with Crippen LogP contribution in [0.4, 0.5) is 0 Å². The Kier molecular flexibility index (Phi) is 16.3. The summed E-state index contributed by atoms with van der Waals surface area (Å²) < 4.78 is 0. The van der Waals surface area contributed by atoms with Crippen LogP contribution >= 0.6 is 0 Å². The summed E-state index contributed by atoms with van der Waals surface area (Å²) >= 11 is 0. The topological polar surface area (TPSA) is 38.7 Å². The third-order valence-corrected chi connectivity index (χ3v) is 33.1. The molecule has 0 unspecified atom stereocenters. The van der Waals surface area contributed by atoms with Gasteiger partial charge in [0.15, 0.2) is 41.7 Å². The third-order valence-electron chi connectivity index (χ3n) is 18.7. The lowest BCUT2D eigenvalue weighted by atomic mass is 10.1. The van der Waals surface area contributed by atoms with E-state index < -0.39 is 24.2 Å². The van der Waals surface area contributed by atoms with Crippen LogP contribution in [0.2, 0.25) is 0 Å². The summed E-state index contributed by atoms with van der Waals surface area (Å²) in [5, 5.41) is 15.9. The van der Waals surface area contributed by atoms with E-state index in [0.29, 0.717) is 17.5 Å². The molecule has 0 aliphatic rings. The molecule has 12 aromatic carbocycles. The maximum absolute atomic E-state index is 5.49. The van der Waals surface area contributed by atoms with Crippen molar-refractivity contribution in [2.75, 3.05) is 0 Å². The summed E-state index contributed by atoms with van der Waals surface area (Å²) in [6.45, 7) is 19.6. The summed E-state index contributed by atoms with van der Waals surface area (Å²) in [5.41, 5.74) is 13.9. The molecule has 0 amide bonds. The molecule has 0 fully saturated rings. The van der Waals surface area contributed by atoms with Crippen molar-refractivity contribution in [2.24, 2.45) is 0 Å². The fraction of sp³-hybridized carbons (Fsp3) is 0.107. The van der Waals surface area contributed by atoms with Crippen LogP contribution in [-0.4, -0.2) is 39.2 Å².